The number of carbonyl (C=O) groups excluding carboxylic acids is 1. The molecular formula is C16H20N2O2S. The Morgan fingerprint density at radius 2 is 2.14 bits per heavy atom. The van der Waals surface area contributed by atoms with Crippen molar-refractivity contribution in [1.29, 1.82) is 0 Å². The van der Waals surface area contributed by atoms with Gasteiger partial charge in [-0.3, -0.25) is 4.79 Å². The standard InChI is InChI=1S/C16H20N2O2S/c1-10-5-6-11(2)14(7-10)15(20)12(3)21-16-17-8-13(9-19)18(16)4/h5-8,12,19H,9H2,1-4H3. The molecule has 0 bridgehead atoms. The summed E-state index contributed by atoms with van der Waals surface area (Å²) in [6.45, 7) is 5.78. The second kappa shape index (κ2) is 6.45. The number of Topliss-reactive ketones (excluding diaryl/α,β-unsaturated/α-hetero) is 1. The van der Waals surface area contributed by atoms with Crippen molar-refractivity contribution in [3.63, 3.8) is 0 Å². The van der Waals surface area contributed by atoms with Gasteiger partial charge >= 0.3 is 0 Å². The summed E-state index contributed by atoms with van der Waals surface area (Å²) in [5.74, 6) is 0.106. The fourth-order valence-electron chi connectivity index (χ4n) is 2.11. The van der Waals surface area contributed by atoms with E-state index in [0.29, 0.717) is 0 Å². The number of rotatable bonds is 5. The summed E-state index contributed by atoms with van der Waals surface area (Å²) in [6.07, 6.45) is 1.64. The molecule has 2 rings (SSSR count). The van der Waals surface area contributed by atoms with Crippen molar-refractivity contribution in [2.24, 2.45) is 7.05 Å². The van der Waals surface area contributed by atoms with Crippen LogP contribution < -0.4 is 0 Å². The Bertz CT molecular complexity index is 664. The number of imidazole rings is 1. The van der Waals surface area contributed by atoms with E-state index >= 15 is 0 Å². The molecule has 1 unspecified atom stereocenters. The molecule has 21 heavy (non-hydrogen) atoms. The second-order valence-electron chi connectivity index (χ2n) is 5.19. The number of aliphatic hydroxyl groups is 1. The highest BCUT2D eigenvalue weighted by molar-refractivity contribution is 8.00. The third-order valence-electron chi connectivity index (χ3n) is 3.51. The third kappa shape index (κ3) is 3.36. The molecule has 1 aromatic carbocycles. The molecule has 0 saturated carbocycles. The number of thioether (sulfide) groups is 1. The summed E-state index contributed by atoms with van der Waals surface area (Å²) >= 11 is 1.42. The quantitative estimate of drug-likeness (QED) is 0.681. The number of aromatic nitrogens is 2. The lowest BCUT2D eigenvalue weighted by Crippen LogP contribution is -2.16. The van der Waals surface area contributed by atoms with Gasteiger partial charge in [0.05, 0.1) is 23.7 Å². The average Bonchev–Trinajstić information content (AvgIpc) is 2.81. The van der Waals surface area contributed by atoms with Crippen LogP contribution in [0.5, 0.6) is 0 Å². The van der Waals surface area contributed by atoms with Crippen molar-refractivity contribution in [3.05, 3.63) is 46.8 Å². The highest BCUT2D eigenvalue weighted by Gasteiger charge is 2.20. The van der Waals surface area contributed by atoms with Gasteiger partial charge in [-0.25, -0.2) is 4.98 Å². The predicted molar refractivity (Wildman–Crippen MR) is 84.7 cm³/mol. The van der Waals surface area contributed by atoms with Crippen LogP contribution in [0, 0.1) is 13.8 Å². The van der Waals surface area contributed by atoms with Crippen molar-refractivity contribution < 1.29 is 9.90 Å². The van der Waals surface area contributed by atoms with Crippen molar-refractivity contribution in [1.82, 2.24) is 9.55 Å². The first-order chi connectivity index (χ1) is 9.93. The maximum atomic E-state index is 12.6. The first-order valence-corrected chi connectivity index (χ1v) is 7.71. The predicted octanol–water partition coefficient (Wildman–Crippen LogP) is 2.89. The summed E-state index contributed by atoms with van der Waals surface area (Å²) in [4.78, 5) is 16.9. The Labute approximate surface area is 129 Å². The molecule has 0 aliphatic carbocycles. The molecule has 5 heteroatoms. The van der Waals surface area contributed by atoms with Crippen molar-refractivity contribution in [2.75, 3.05) is 0 Å². The number of carbonyl (C=O) groups is 1. The molecule has 2 aromatic rings. The minimum atomic E-state index is -0.224. The van der Waals surface area contributed by atoms with E-state index in [2.05, 4.69) is 4.98 Å². The van der Waals surface area contributed by atoms with Crippen LogP contribution >= 0.6 is 11.8 Å². The van der Waals surface area contributed by atoms with Gasteiger partial charge in [-0.1, -0.05) is 29.5 Å². The summed E-state index contributed by atoms with van der Waals surface area (Å²) in [5.41, 5.74) is 3.59. The lowest BCUT2D eigenvalue weighted by molar-refractivity contribution is 0.0993. The molecular weight excluding hydrogens is 284 g/mol. The van der Waals surface area contributed by atoms with E-state index in [1.165, 1.54) is 11.8 Å². The van der Waals surface area contributed by atoms with E-state index in [1.54, 1.807) is 6.20 Å². The van der Waals surface area contributed by atoms with Gasteiger partial charge in [0.15, 0.2) is 10.9 Å². The van der Waals surface area contributed by atoms with Crippen LogP contribution in [0.4, 0.5) is 0 Å². The van der Waals surface area contributed by atoms with Crippen molar-refractivity contribution in [2.45, 2.75) is 37.8 Å². The first-order valence-electron chi connectivity index (χ1n) is 6.83. The van der Waals surface area contributed by atoms with E-state index < -0.39 is 0 Å². The van der Waals surface area contributed by atoms with E-state index in [4.69, 9.17) is 0 Å². The second-order valence-corrected chi connectivity index (χ2v) is 6.50. The van der Waals surface area contributed by atoms with Crippen LogP contribution in [0.25, 0.3) is 0 Å². The molecule has 1 heterocycles. The molecule has 1 aromatic heterocycles. The summed E-state index contributed by atoms with van der Waals surface area (Å²) in [5, 5.41) is 9.70. The molecule has 0 aliphatic heterocycles. The lowest BCUT2D eigenvalue weighted by Gasteiger charge is -2.13. The van der Waals surface area contributed by atoms with Crippen LogP contribution in [0.1, 0.15) is 34.1 Å². The summed E-state index contributed by atoms with van der Waals surface area (Å²) in [7, 11) is 1.84. The summed E-state index contributed by atoms with van der Waals surface area (Å²) < 4.78 is 1.82. The molecule has 0 radical (unpaired) electrons. The molecule has 4 nitrogen and oxygen atoms in total. The maximum absolute atomic E-state index is 12.6. The molecule has 0 saturated heterocycles. The molecule has 1 N–H and O–H groups in total. The Morgan fingerprint density at radius 1 is 1.43 bits per heavy atom. The van der Waals surface area contributed by atoms with Gasteiger partial charge in [0.25, 0.3) is 0 Å². The van der Waals surface area contributed by atoms with Gasteiger partial charge in [-0.15, -0.1) is 0 Å². The largest absolute Gasteiger partial charge is 0.390 e. The van der Waals surface area contributed by atoms with Crippen molar-refractivity contribution in [3.8, 4) is 0 Å². The number of hydrogen-bond donors (Lipinski definition) is 1. The highest BCUT2D eigenvalue weighted by atomic mass is 32.2. The molecule has 0 fully saturated rings. The summed E-state index contributed by atoms with van der Waals surface area (Å²) in [6, 6.07) is 5.92. The van der Waals surface area contributed by atoms with Gasteiger partial charge in [-0.2, -0.15) is 0 Å². The van der Waals surface area contributed by atoms with E-state index in [9.17, 15) is 9.90 Å². The fourth-order valence-corrected chi connectivity index (χ4v) is 3.05. The minimum absolute atomic E-state index is 0.0522. The number of nitrogens with zero attached hydrogens (tertiary/aromatic N) is 2. The fraction of sp³-hybridized carbons (Fsp3) is 0.375. The lowest BCUT2D eigenvalue weighted by atomic mass is 10.0. The topological polar surface area (TPSA) is 55.1 Å². The Kier molecular flexibility index (Phi) is 4.85. The van der Waals surface area contributed by atoms with Gasteiger partial charge in [-0.05, 0) is 32.4 Å². The van der Waals surface area contributed by atoms with E-state index in [-0.39, 0.29) is 17.6 Å². The molecule has 1 atom stereocenters. The Hall–Kier alpha value is -1.59. The van der Waals surface area contributed by atoms with Crippen molar-refractivity contribution >= 4 is 17.5 Å². The number of aliphatic hydroxyl groups excluding tert-OH is 1. The SMILES string of the molecule is Cc1ccc(C)c(C(=O)C(C)Sc2ncc(CO)n2C)c1. The number of hydrogen-bond acceptors (Lipinski definition) is 4. The normalized spacial score (nSPS) is 12.4. The zero-order valence-corrected chi connectivity index (χ0v) is 13.6. The Balaban J connectivity index is 2.19. The number of benzene rings is 1. The van der Waals surface area contributed by atoms with Crippen LogP contribution in [-0.2, 0) is 13.7 Å². The van der Waals surface area contributed by atoms with Crippen LogP contribution in [-0.4, -0.2) is 25.7 Å². The monoisotopic (exact) mass is 304 g/mol. The van der Waals surface area contributed by atoms with Crippen LogP contribution in [0.15, 0.2) is 29.6 Å². The zero-order valence-electron chi connectivity index (χ0n) is 12.8. The number of ketones is 1. The minimum Gasteiger partial charge on any atom is -0.390 e. The first kappa shape index (κ1) is 15.8. The van der Waals surface area contributed by atoms with Gasteiger partial charge < -0.3 is 9.67 Å². The van der Waals surface area contributed by atoms with Gasteiger partial charge in [0, 0.05) is 12.6 Å². The number of aryl methyl sites for hydroxylation is 2. The molecule has 0 aliphatic rings. The Morgan fingerprint density at radius 3 is 2.76 bits per heavy atom. The third-order valence-corrected chi connectivity index (χ3v) is 4.67. The van der Waals surface area contributed by atoms with E-state index in [1.807, 2.05) is 50.6 Å². The smallest absolute Gasteiger partial charge is 0.176 e. The molecule has 0 amide bonds. The molecule has 0 spiro atoms. The highest BCUT2D eigenvalue weighted by Crippen LogP contribution is 2.26. The maximum Gasteiger partial charge on any atom is 0.176 e. The molecule has 112 valence electrons. The van der Waals surface area contributed by atoms with Crippen LogP contribution in [0.3, 0.4) is 0 Å². The van der Waals surface area contributed by atoms with E-state index in [0.717, 1.165) is 27.5 Å². The average molecular weight is 304 g/mol. The van der Waals surface area contributed by atoms with Gasteiger partial charge in [0.1, 0.15) is 0 Å². The van der Waals surface area contributed by atoms with Gasteiger partial charge in [0.2, 0.25) is 0 Å². The van der Waals surface area contributed by atoms with Crippen LogP contribution in [0.2, 0.25) is 0 Å². The zero-order chi connectivity index (χ0) is 15.6.